The van der Waals surface area contributed by atoms with Gasteiger partial charge in [0.25, 0.3) is 5.91 Å². The average Bonchev–Trinajstić information content (AvgIpc) is 2.42. The van der Waals surface area contributed by atoms with Crippen LogP contribution in [0.25, 0.3) is 0 Å². The fourth-order valence-electron chi connectivity index (χ4n) is 1.84. The average molecular weight is 279 g/mol. The van der Waals surface area contributed by atoms with Crippen LogP contribution in [0.3, 0.4) is 0 Å². The number of aromatic carboxylic acids is 1. The van der Waals surface area contributed by atoms with Crippen LogP contribution >= 0.6 is 0 Å². The zero-order valence-electron chi connectivity index (χ0n) is 12.2. The van der Waals surface area contributed by atoms with Crippen LogP contribution in [0.5, 0.6) is 0 Å². The number of carboxylic acid groups (broad SMARTS) is 1. The van der Waals surface area contributed by atoms with Crippen LogP contribution in [0.2, 0.25) is 0 Å². The largest absolute Gasteiger partial charge is 0.477 e. The van der Waals surface area contributed by atoms with Crippen molar-refractivity contribution < 1.29 is 14.7 Å². The van der Waals surface area contributed by atoms with E-state index in [9.17, 15) is 9.59 Å². The molecule has 110 valence electrons. The fraction of sp³-hybridized carbons (Fsp3) is 0.500. The first-order valence-corrected chi connectivity index (χ1v) is 6.59. The van der Waals surface area contributed by atoms with Crippen LogP contribution in [0, 0.1) is 0 Å². The Morgan fingerprint density at radius 3 is 2.55 bits per heavy atom. The number of hydrogen-bond acceptors (Lipinski definition) is 4. The van der Waals surface area contributed by atoms with Gasteiger partial charge in [-0.25, -0.2) is 9.78 Å². The van der Waals surface area contributed by atoms with E-state index in [1.807, 2.05) is 21.0 Å². The highest BCUT2D eigenvalue weighted by molar-refractivity contribution is 5.96. The highest BCUT2D eigenvalue weighted by Crippen LogP contribution is 2.07. The molecule has 0 atom stereocenters. The Kier molecular flexibility index (Phi) is 6.11. The zero-order chi connectivity index (χ0) is 15.1. The second-order valence-corrected chi connectivity index (χ2v) is 4.78. The van der Waals surface area contributed by atoms with Gasteiger partial charge in [0.2, 0.25) is 0 Å². The fourth-order valence-corrected chi connectivity index (χ4v) is 1.84. The molecule has 1 rings (SSSR count). The molecule has 1 heterocycles. The standard InChI is InChI=1S/C14H21N3O3/c1-4-17(9-5-8-16(2)3)13(18)11-6-7-15-12(10-11)14(19)20/h6-7,10H,4-5,8-9H2,1-3H3,(H,19,20). The third kappa shape index (κ3) is 4.62. The molecule has 0 aliphatic rings. The molecule has 1 amide bonds. The van der Waals surface area contributed by atoms with Crippen molar-refractivity contribution in [2.75, 3.05) is 33.7 Å². The van der Waals surface area contributed by atoms with Gasteiger partial charge in [-0.2, -0.15) is 0 Å². The Balaban J connectivity index is 2.75. The predicted octanol–water partition coefficient (Wildman–Crippen LogP) is 1.19. The van der Waals surface area contributed by atoms with E-state index in [4.69, 9.17) is 5.11 Å². The van der Waals surface area contributed by atoms with Gasteiger partial charge >= 0.3 is 5.97 Å². The highest BCUT2D eigenvalue weighted by Gasteiger charge is 2.16. The van der Waals surface area contributed by atoms with Gasteiger partial charge in [0.1, 0.15) is 5.69 Å². The number of carboxylic acids is 1. The van der Waals surface area contributed by atoms with Crippen LogP contribution in [-0.4, -0.2) is 65.5 Å². The van der Waals surface area contributed by atoms with Crippen molar-refractivity contribution in [3.05, 3.63) is 29.6 Å². The molecule has 1 aromatic rings. The first-order valence-electron chi connectivity index (χ1n) is 6.59. The van der Waals surface area contributed by atoms with E-state index in [2.05, 4.69) is 9.88 Å². The van der Waals surface area contributed by atoms with Crippen molar-refractivity contribution >= 4 is 11.9 Å². The maximum Gasteiger partial charge on any atom is 0.354 e. The van der Waals surface area contributed by atoms with Gasteiger partial charge in [-0.1, -0.05) is 0 Å². The minimum absolute atomic E-state index is 0.111. The van der Waals surface area contributed by atoms with Gasteiger partial charge in [-0.15, -0.1) is 0 Å². The topological polar surface area (TPSA) is 73.7 Å². The molecule has 0 fully saturated rings. The lowest BCUT2D eigenvalue weighted by Gasteiger charge is -2.22. The molecule has 20 heavy (non-hydrogen) atoms. The molecule has 0 saturated heterocycles. The number of aromatic nitrogens is 1. The molecule has 0 aliphatic heterocycles. The maximum absolute atomic E-state index is 12.3. The monoisotopic (exact) mass is 279 g/mol. The molecule has 0 spiro atoms. The highest BCUT2D eigenvalue weighted by atomic mass is 16.4. The van der Waals surface area contributed by atoms with Crippen LogP contribution in [0.15, 0.2) is 18.3 Å². The predicted molar refractivity (Wildman–Crippen MR) is 75.9 cm³/mol. The smallest absolute Gasteiger partial charge is 0.354 e. The van der Waals surface area contributed by atoms with E-state index in [1.165, 1.54) is 12.3 Å². The summed E-state index contributed by atoms with van der Waals surface area (Å²) in [6.07, 6.45) is 2.23. The quantitative estimate of drug-likeness (QED) is 0.811. The third-order valence-corrected chi connectivity index (χ3v) is 2.93. The summed E-state index contributed by atoms with van der Waals surface area (Å²) in [4.78, 5) is 30.7. The van der Waals surface area contributed by atoms with Crippen molar-refractivity contribution in [2.24, 2.45) is 0 Å². The molecule has 0 aliphatic carbocycles. The number of amides is 1. The molecule has 0 bridgehead atoms. The van der Waals surface area contributed by atoms with Crippen molar-refractivity contribution in [3.8, 4) is 0 Å². The number of rotatable bonds is 7. The number of carbonyl (C=O) groups excluding carboxylic acids is 1. The van der Waals surface area contributed by atoms with E-state index in [-0.39, 0.29) is 11.6 Å². The van der Waals surface area contributed by atoms with Crippen molar-refractivity contribution in [1.82, 2.24) is 14.8 Å². The second kappa shape index (κ2) is 7.59. The summed E-state index contributed by atoms with van der Waals surface area (Å²) in [6, 6.07) is 2.86. The second-order valence-electron chi connectivity index (χ2n) is 4.78. The van der Waals surface area contributed by atoms with Crippen molar-refractivity contribution in [3.63, 3.8) is 0 Å². The summed E-state index contributed by atoms with van der Waals surface area (Å²) < 4.78 is 0. The Labute approximate surface area is 119 Å². The van der Waals surface area contributed by atoms with E-state index >= 15 is 0 Å². The van der Waals surface area contributed by atoms with Crippen molar-refractivity contribution in [1.29, 1.82) is 0 Å². The van der Waals surface area contributed by atoms with Crippen LogP contribution in [0.1, 0.15) is 34.2 Å². The molecular weight excluding hydrogens is 258 g/mol. The number of nitrogens with zero attached hydrogens (tertiary/aromatic N) is 3. The summed E-state index contributed by atoms with van der Waals surface area (Å²) in [5.41, 5.74) is 0.254. The maximum atomic E-state index is 12.3. The number of hydrogen-bond donors (Lipinski definition) is 1. The molecule has 0 radical (unpaired) electrons. The van der Waals surface area contributed by atoms with Crippen LogP contribution in [-0.2, 0) is 0 Å². The minimum Gasteiger partial charge on any atom is -0.477 e. The van der Waals surface area contributed by atoms with Gasteiger partial charge in [-0.3, -0.25) is 4.79 Å². The first-order chi connectivity index (χ1) is 9.45. The van der Waals surface area contributed by atoms with Gasteiger partial charge in [-0.05, 0) is 46.1 Å². The molecule has 6 heteroatoms. The van der Waals surface area contributed by atoms with Gasteiger partial charge in [0.15, 0.2) is 0 Å². The first kappa shape index (κ1) is 16.1. The molecule has 0 saturated carbocycles. The van der Waals surface area contributed by atoms with E-state index in [0.29, 0.717) is 18.7 Å². The lowest BCUT2D eigenvalue weighted by molar-refractivity contribution is 0.0690. The molecule has 0 aromatic carbocycles. The minimum atomic E-state index is -1.13. The van der Waals surface area contributed by atoms with E-state index in [1.54, 1.807) is 11.0 Å². The Morgan fingerprint density at radius 2 is 2.00 bits per heavy atom. The summed E-state index contributed by atoms with van der Waals surface area (Å²) in [5, 5.41) is 8.90. The molecule has 1 N–H and O–H groups in total. The van der Waals surface area contributed by atoms with E-state index in [0.717, 1.165) is 13.0 Å². The molecule has 6 nitrogen and oxygen atoms in total. The number of carbonyl (C=O) groups is 2. The zero-order valence-corrected chi connectivity index (χ0v) is 12.2. The van der Waals surface area contributed by atoms with Gasteiger partial charge in [0.05, 0.1) is 0 Å². The Hall–Kier alpha value is -1.95. The summed E-state index contributed by atoms with van der Waals surface area (Å²) in [6.45, 7) is 4.06. The SMILES string of the molecule is CCN(CCCN(C)C)C(=O)c1ccnc(C(=O)O)c1. The van der Waals surface area contributed by atoms with Crippen LogP contribution in [0.4, 0.5) is 0 Å². The summed E-state index contributed by atoms with van der Waals surface area (Å²) in [5.74, 6) is -1.29. The van der Waals surface area contributed by atoms with Gasteiger partial charge < -0.3 is 14.9 Å². The summed E-state index contributed by atoms with van der Waals surface area (Å²) >= 11 is 0. The van der Waals surface area contributed by atoms with Crippen LogP contribution < -0.4 is 0 Å². The Morgan fingerprint density at radius 1 is 1.30 bits per heavy atom. The molecular formula is C14H21N3O3. The molecule has 0 unspecified atom stereocenters. The van der Waals surface area contributed by atoms with Gasteiger partial charge in [0, 0.05) is 24.8 Å². The normalized spacial score (nSPS) is 10.6. The van der Waals surface area contributed by atoms with Crippen molar-refractivity contribution in [2.45, 2.75) is 13.3 Å². The van der Waals surface area contributed by atoms with E-state index < -0.39 is 5.97 Å². The lowest BCUT2D eigenvalue weighted by Crippen LogP contribution is -2.33. The third-order valence-electron chi connectivity index (χ3n) is 2.93. The summed E-state index contributed by atoms with van der Waals surface area (Å²) in [7, 11) is 3.97. The lowest BCUT2D eigenvalue weighted by atomic mass is 10.2. The Bertz CT molecular complexity index is 474. The molecule has 1 aromatic heterocycles. The number of pyridine rings is 1.